The summed E-state index contributed by atoms with van der Waals surface area (Å²) < 4.78 is 16.4. The lowest BCUT2D eigenvalue weighted by Crippen LogP contribution is -2.26. The van der Waals surface area contributed by atoms with E-state index in [-0.39, 0.29) is 17.5 Å². The Balaban J connectivity index is 1.63. The Morgan fingerprint density at radius 1 is 1.18 bits per heavy atom. The maximum atomic E-state index is 12.9. The van der Waals surface area contributed by atoms with Gasteiger partial charge in [0.15, 0.2) is 5.76 Å². The monoisotopic (exact) mass is 379 g/mol. The highest BCUT2D eigenvalue weighted by atomic mass is 16.5. The number of furan rings is 1. The number of anilines is 1. The van der Waals surface area contributed by atoms with Gasteiger partial charge in [-0.1, -0.05) is 12.1 Å². The number of ether oxygens (including phenoxy) is 2. The van der Waals surface area contributed by atoms with Crippen LogP contribution in [0.1, 0.15) is 34.5 Å². The topological polar surface area (TPSA) is 77.8 Å². The van der Waals surface area contributed by atoms with Crippen molar-refractivity contribution >= 4 is 28.3 Å². The summed E-state index contributed by atoms with van der Waals surface area (Å²) in [5, 5.41) is 3.67. The zero-order chi connectivity index (χ0) is 19.7. The molecule has 1 aliphatic heterocycles. The van der Waals surface area contributed by atoms with Gasteiger partial charge in [0.1, 0.15) is 17.4 Å². The molecule has 0 radical (unpaired) electrons. The Hall–Kier alpha value is -3.12. The predicted molar refractivity (Wildman–Crippen MR) is 105 cm³/mol. The molecule has 1 atom stereocenters. The molecule has 6 nitrogen and oxygen atoms in total. The molecule has 6 heteroatoms. The van der Waals surface area contributed by atoms with Crippen LogP contribution in [0.3, 0.4) is 0 Å². The maximum Gasteiger partial charge on any atom is 0.253 e. The first-order chi connectivity index (χ1) is 13.6. The van der Waals surface area contributed by atoms with Crippen LogP contribution in [-0.2, 0) is 9.53 Å². The third-order valence-electron chi connectivity index (χ3n) is 4.96. The van der Waals surface area contributed by atoms with Gasteiger partial charge in [0.2, 0.25) is 5.78 Å². The summed E-state index contributed by atoms with van der Waals surface area (Å²) in [6.45, 7) is 2.46. The van der Waals surface area contributed by atoms with Crippen LogP contribution >= 0.6 is 0 Å². The van der Waals surface area contributed by atoms with Crippen molar-refractivity contribution in [3.63, 3.8) is 0 Å². The van der Waals surface area contributed by atoms with Crippen LogP contribution < -0.4 is 10.1 Å². The van der Waals surface area contributed by atoms with Crippen LogP contribution in [0, 0.1) is 6.92 Å². The zero-order valence-corrected chi connectivity index (χ0v) is 15.8. The molecule has 2 aromatic carbocycles. The van der Waals surface area contributed by atoms with Crippen LogP contribution in [0.25, 0.3) is 11.0 Å². The van der Waals surface area contributed by atoms with Gasteiger partial charge in [-0.05, 0) is 50.1 Å². The van der Waals surface area contributed by atoms with Gasteiger partial charge in [-0.2, -0.15) is 0 Å². The van der Waals surface area contributed by atoms with E-state index >= 15 is 0 Å². The Kier molecular flexibility index (Phi) is 4.88. The molecule has 144 valence electrons. The normalized spacial score (nSPS) is 16.3. The smallest absolute Gasteiger partial charge is 0.253 e. The number of nitrogens with one attached hydrogen (secondary N) is 1. The lowest BCUT2D eigenvalue weighted by Gasteiger charge is -2.10. The Morgan fingerprint density at radius 3 is 2.79 bits per heavy atom. The van der Waals surface area contributed by atoms with Gasteiger partial charge in [-0.3, -0.25) is 9.59 Å². The van der Waals surface area contributed by atoms with E-state index in [9.17, 15) is 9.59 Å². The number of benzene rings is 2. The average molecular weight is 379 g/mol. The van der Waals surface area contributed by atoms with Crippen LogP contribution in [0.5, 0.6) is 5.75 Å². The number of hydrogen-bond acceptors (Lipinski definition) is 5. The third-order valence-corrected chi connectivity index (χ3v) is 4.96. The molecule has 4 rings (SSSR count). The number of methoxy groups -OCH3 is 1. The molecular weight excluding hydrogens is 358 g/mol. The van der Waals surface area contributed by atoms with Crippen molar-refractivity contribution in [3.05, 3.63) is 59.4 Å². The highest BCUT2D eigenvalue weighted by Gasteiger charge is 2.24. The average Bonchev–Trinajstić information content (AvgIpc) is 3.36. The molecule has 1 saturated heterocycles. The highest BCUT2D eigenvalue weighted by molar-refractivity contribution is 6.11. The van der Waals surface area contributed by atoms with E-state index < -0.39 is 6.10 Å². The van der Waals surface area contributed by atoms with E-state index in [4.69, 9.17) is 13.9 Å². The molecule has 0 bridgehead atoms. The first kappa shape index (κ1) is 18.3. The maximum absolute atomic E-state index is 12.9. The van der Waals surface area contributed by atoms with Crippen molar-refractivity contribution in [1.82, 2.24) is 0 Å². The van der Waals surface area contributed by atoms with E-state index in [1.165, 1.54) is 0 Å². The van der Waals surface area contributed by atoms with Crippen molar-refractivity contribution in [2.24, 2.45) is 0 Å². The molecule has 1 N–H and O–H groups in total. The second-order valence-corrected chi connectivity index (χ2v) is 6.82. The van der Waals surface area contributed by atoms with Crippen molar-refractivity contribution in [2.45, 2.75) is 25.9 Å². The van der Waals surface area contributed by atoms with Crippen LogP contribution in [0.15, 0.2) is 46.9 Å². The van der Waals surface area contributed by atoms with Crippen LogP contribution in [-0.4, -0.2) is 31.5 Å². The number of fused-ring (bicyclic) bond motifs is 1. The Morgan fingerprint density at radius 2 is 2.04 bits per heavy atom. The van der Waals surface area contributed by atoms with E-state index in [2.05, 4.69) is 5.32 Å². The van der Waals surface area contributed by atoms with E-state index in [0.717, 1.165) is 23.8 Å². The molecule has 1 aromatic heterocycles. The summed E-state index contributed by atoms with van der Waals surface area (Å²) in [5.74, 6) is 0.535. The van der Waals surface area contributed by atoms with Crippen LogP contribution in [0.4, 0.5) is 5.69 Å². The quantitative estimate of drug-likeness (QED) is 0.676. The second kappa shape index (κ2) is 7.48. The molecular formula is C22H21NO5. The second-order valence-electron chi connectivity index (χ2n) is 6.82. The van der Waals surface area contributed by atoms with Crippen molar-refractivity contribution < 1.29 is 23.5 Å². The molecule has 3 aromatic rings. The first-order valence-electron chi connectivity index (χ1n) is 9.21. The minimum Gasteiger partial charge on any atom is -0.497 e. The lowest BCUT2D eigenvalue weighted by atomic mass is 10.0. The van der Waals surface area contributed by atoms with Gasteiger partial charge in [0.25, 0.3) is 5.91 Å². The molecule has 1 aliphatic rings. The summed E-state index contributed by atoms with van der Waals surface area (Å²) >= 11 is 0. The summed E-state index contributed by atoms with van der Waals surface area (Å²) in [7, 11) is 1.56. The van der Waals surface area contributed by atoms with Crippen molar-refractivity contribution in [2.75, 3.05) is 19.0 Å². The highest BCUT2D eigenvalue weighted by Crippen LogP contribution is 2.30. The molecule has 2 heterocycles. The van der Waals surface area contributed by atoms with E-state index in [1.807, 2.05) is 13.0 Å². The summed E-state index contributed by atoms with van der Waals surface area (Å²) in [6, 6.07) is 12.3. The molecule has 1 fully saturated rings. The summed E-state index contributed by atoms with van der Waals surface area (Å²) in [6.07, 6.45) is 1.23. The Labute approximate surface area is 162 Å². The summed E-state index contributed by atoms with van der Waals surface area (Å²) in [5.41, 5.74) is 2.47. The third kappa shape index (κ3) is 3.39. The summed E-state index contributed by atoms with van der Waals surface area (Å²) in [4.78, 5) is 25.2. The fraction of sp³-hybridized carbons (Fsp3) is 0.273. The molecule has 0 aliphatic carbocycles. The molecule has 1 unspecified atom stereocenters. The van der Waals surface area contributed by atoms with E-state index in [0.29, 0.717) is 29.2 Å². The van der Waals surface area contributed by atoms with Gasteiger partial charge in [0.05, 0.1) is 7.11 Å². The SMILES string of the molecule is COc1cccc(C(=O)c2oc3ccc(NC(=O)C4CCCO4)cc3c2C)c1. The number of carbonyl (C=O) groups excluding carboxylic acids is 2. The molecule has 1 amide bonds. The van der Waals surface area contributed by atoms with Gasteiger partial charge < -0.3 is 19.2 Å². The van der Waals surface area contributed by atoms with Gasteiger partial charge in [-0.25, -0.2) is 0 Å². The predicted octanol–water partition coefficient (Wildman–Crippen LogP) is 4.10. The number of amides is 1. The van der Waals surface area contributed by atoms with Gasteiger partial charge in [0, 0.05) is 28.8 Å². The standard InChI is InChI=1S/C22H21NO5/c1-13-17-12-15(23-22(25)19-7-4-10-27-19)8-9-18(17)28-21(13)20(24)14-5-3-6-16(11-14)26-2/h3,5-6,8-9,11-12,19H,4,7,10H2,1-2H3,(H,23,25). The molecule has 0 spiro atoms. The minimum atomic E-state index is -0.397. The minimum absolute atomic E-state index is 0.148. The number of aryl methyl sites for hydroxylation is 1. The Bertz CT molecular complexity index is 1050. The van der Waals surface area contributed by atoms with Gasteiger partial charge in [-0.15, -0.1) is 0 Å². The zero-order valence-electron chi connectivity index (χ0n) is 15.8. The number of hydrogen-bond donors (Lipinski definition) is 1. The fourth-order valence-corrected chi connectivity index (χ4v) is 3.42. The van der Waals surface area contributed by atoms with Crippen LogP contribution in [0.2, 0.25) is 0 Å². The first-order valence-corrected chi connectivity index (χ1v) is 9.21. The number of carbonyl (C=O) groups is 2. The van der Waals surface area contributed by atoms with Gasteiger partial charge >= 0.3 is 0 Å². The lowest BCUT2D eigenvalue weighted by molar-refractivity contribution is -0.124. The molecule has 28 heavy (non-hydrogen) atoms. The fourth-order valence-electron chi connectivity index (χ4n) is 3.42. The van der Waals surface area contributed by atoms with E-state index in [1.54, 1.807) is 43.5 Å². The molecule has 0 saturated carbocycles. The number of ketones is 1. The van der Waals surface area contributed by atoms with Crippen molar-refractivity contribution in [3.8, 4) is 5.75 Å². The van der Waals surface area contributed by atoms with Crippen molar-refractivity contribution in [1.29, 1.82) is 0 Å². The number of rotatable bonds is 5. The largest absolute Gasteiger partial charge is 0.497 e.